The molecule has 0 aromatic carbocycles. The van der Waals surface area contributed by atoms with Crippen LogP contribution in [0.15, 0.2) is 12.7 Å². The fraction of sp³-hybridized carbons (Fsp3) is 0.750. The van der Waals surface area contributed by atoms with Crippen LogP contribution in [0.4, 0.5) is 0 Å². The highest BCUT2D eigenvalue weighted by molar-refractivity contribution is 8.10. The van der Waals surface area contributed by atoms with E-state index in [4.69, 9.17) is 4.55 Å². The van der Waals surface area contributed by atoms with E-state index in [-0.39, 0.29) is 11.0 Å². The molecule has 1 atom stereocenters. The van der Waals surface area contributed by atoms with Crippen LogP contribution in [0.2, 0.25) is 5.54 Å². The summed E-state index contributed by atoms with van der Waals surface area (Å²) in [6, 6.07) is 0. The molecule has 78 valence electrons. The van der Waals surface area contributed by atoms with E-state index in [1.807, 2.05) is 26.8 Å². The molecule has 0 radical (unpaired) electrons. The highest BCUT2D eigenvalue weighted by Gasteiger charge is 2.21. The van der Waals surface area contributed by atoms with Crippen molar-refractivity contribution < 1.29 is 13.0 Å². The Morgan fingerprint density at radius 2 is 2.08 bits per heavy atom. The van der Waals surface area contributed by atoms with Crippen molar-refractivity contribution in [3.63, 3.8) is 0 Å². The average molecular weight is 222 g/mol. The Morgan fingerprint density at radius 1 is 1.62 bits per heavy atom. The predicted octanol–water partition coefficient (Wildman–Crippen LogP) is 1.37. The Balaban J connectivity index is 4.17. The minimum atomic E-state index is -3.70. The smallest absolute Gasteiger partial charge is 0.221 e. The maximum Gasteiger partial charge on any atom is 0.221 e. The third-order valence-electron chi connectivity index (χ3n) is 1.92. The molecule has 0 bridgehead atoms. The Hall–Kier alpha value is -0.133. The molecule has 0 spiro atoms. The molecule has 0 aliphatic carbocycles. The standard InChI is InChI=1S/C8H18O3SSi/c1-5-8(3,4)6-7(2)13-12(9,10)11/h5,7H,1,6,13H2,2-4H3,(H,9,10,11). The fourth-order valence-corrected chi connectivity index (χ4v) is 5.49. The van der Waals surface area contributed by atoms with E-state index in [1.165, 1.54) is 0 Å². The average Bonchev–Trinajstić information content (AvgIpc) is 1.81. The van der Waals surface area contributed by atoms with Crippen molar-refractivity contribution in [2.24, 2.45) is 5.41 Å². The van der Waals surface area contributed by atoms with Crippen LogP contribution in [-0.2, 0) is 9.57 Å². The summed E-state index contributed by atoms with van der Waals surface area (Å²) >= 11 is 0. The van der Waals surface area contributed by atoms with E-state index in [9.17, 15) is 8.42 Å². The third kappa shape index (κ3) is 6.98. The second-order valence-electron chi connectivity index (χ2n) is 4.25. The topological polar surface area (TPSA) is 54.4 Å². The molecular formula is C8H18O3SSi. The summed E-state index contributed by atoms with van der Waals surface area (Å²) in [5.74, 6) is 0. The first-order valence-corrected chi connectivity index (χ1v) is 8.41. The third-order valence-corrected chi connectivity index (χ3v) is 6.17. The van der Waals surface area contributed by atoms with Crippen LogP contribution in [0.3, 0.4) is 0 Å². The van der Waals surface area contributed by atoms with Gasteiger partial charge in [-0.2, -0.15) is 0 Å². The molecule has 0 fully saturated rings. The Morgan fingerprint density at radius 3 is 2.38 bits per heavy atom. The summed E-state index contributed by atoms with van der Waals surface area (Å²) in [5, 5.41) is 0. The summed E-state index contributed by atoms with van der Waals surface area (Å²) < 4.78 is 29.9. The largest absolute Gasteiger partial charge is 0.292 e. The van der Waals surface area contributed by atoms with Crippen molar-refractivity contribution in [2.45, 2.75) is 32.7 Å². The van der Waals surface area contributed by atoms with Crippen LogP contribution in [0.25, 0.3) is 0 Å². The number of allylic oxidation sites excluding steroid dienone is 1. The number of hydrogen-bond acceptors (Lipinski definition) is 2. The van der Waals surface area contributed by atoms with Gasteiger partial charge in [-0.1, -0.05) is 26.8 Å². The van der Waals surface area contributed by atoms with Crippen molar-refractivity contribution in [3.05, 3.63) is 12.7 Å². The van der Waals surface area contributed by atoms with Crippen LogP contribution in [-0.4, -0.2) is 21.6 Å². The van der Waals surface area contributed by atoms with Gasteiger partial charge < -0.3 is 0 Å². The van der Waals surface area contributed by atoms with Gasteiger partial charge in [-0.25, -0.2) is 8.42 Å². The van der Waals surface area contributed by atoms with E-state index in [0.717, 1.165) is 6.42 Å². The van der Waals surface area contributed by atoms with Crippen molar-refractivity contribution in [2.75, 3.05) is 0 Å². The van der Waals surface area contributed by atoms with Gasteiger partial charge in [-0.05, 0) is 17.4 Å². The highest BCUT2D eigenvalue weighted by Crippen LogP contribution is 2.29. The zero-order chi connectivity index (χ0) is 10.7. The molecule has 0 saturated carbocycles. The first-order valence-electron chi connectivity index (χ1n) is 4.25. The number of rotatable bonds is 5. The molecule has 1 N–H and O–H groups in total. The molecule has 3 nitrogen and oxygen atoms in total. The molecule has 0 aliphatic rings. The first kappa shape index (κ1) is 12.9. The molecule has 0 saturated heterocycles. The van der Waals surface area contributed by atoms with Gasteiger partial charge in [0.05, 0.1) is 0 Å². The molecule has 0 rings (SSSR count). The van der Waals surface area contributed by atoms with Crippen molar-refractivity contribution in [1.82, 2.24) is 0 Å². The van der Waals surface area contributed by atoms with Gasteiger partial charge in [-0.3, -0.25) is 4.55 Å². The number of hydrogen-bond donors (Lipinski definition) is 1. The van der Waals surface area contributed by atoms with Gasteiger partial charge in [0.1, 0.15) is 0 Å². The van der Waals surface area contributed by atoms with Gasteiger partial charge >= 0.3 is 0 Å². The minimum absolute atomic E-state index is 0.0445. The van der Waals surface area contributed by atoms with E-state index >= 15 is 0 Å². The molecular weight excluding hydrogens is 204 g/mol. The van der Waals surface area contributed by atoms with Gasteiger partial charge in [0.25, 0.3) is 0 Å². The summed E-state index contributed by atoms with van der Waals surface area (Å²) in [6.07, 6.45) is 2.59. The van der Waals surface area contributed by atoms with Crippen LogP contribution >= 0.6 is 0 Å². The second kappa shape index (κ2) is 4.39. The molecule has 0 amide bonds. The quantitative estimate of drug-likeness (QED) is 0.434. The molecule has 0 heterocycles. The Bertz CT molecular complexity index is 269. The van der Waals surface area contributed by atoms with E-state index in [1.54, 1.807) is 0 Å². The zero-order valence-corrected chi connectivity index (χ0v) is 10.7. The minimum Gasteiger partial charge on any atom is -0.292 e. The lowest BCUT2D eigenvalue weighted by molar-refractivity contribution is 0.431. The van der Waals surface area contributed by atoms with Crippen LogP contribution in [0.5, 0.6) is 0 Å². The molecule has 1 unspecified atom stereocenters. The van der Waals surface area contributed by atoms with Gasteiger partial charge in [0.15, 0.2) is 0 Å². The van der Waals surface area contributed by atoms with E-state index in [0.29, 0.717) is 0 Å². The Labute approximate surface area is 82.5 Å². The molecule has 13 heavy (non-hydrogen) atoms. The second-order valence-corrected chi connectivity index (χ2v) is 10.3. The van der Waals surface area contributed by atoms with Crippen LogP contribution < -0.4 is 0 Å². The zero-order valence-electron chi connectivity index (χ0n) is 8.45. The molecule has 5 heteroatoms. The van der Waals surface area contributed by atoms with Gasteiger partial charge in [0.2, 0.25) is 18.2 Å². The fourth-order valence-electron chi connectivity index (χ4n) is 1.40. The van der Waals surface area contributed by atoms with Gasteiger partial charge in [0, 0.05) is 0 Å². The van der Waals surface area contributed by atoms with Crippen LogP contribution in [0.1, 0.15) is 27.2 Å². The summed E-state index contributed by atoms with van der Waals surface area (Å²) in [7, 11) is -5.13. The predicted molar refractivity (Wildman–Crippen MR) is 58.1 cm³/mol. The monoisotopic (exact) mass is 222 g/mol. The normalized spacial score (nSPS) is 16.3. The van der Waals surface area contributed by atoms with Crippen molar-refractivity contribution >= 4 is 18.2 Å². The lowest BCUT2D eigenvalue weighted by Gasteiger charge is -2.22. The highest BCUT2D eigenvalue weighted by atomic mass is 32.4. The van der Waals surface area contributed by atoms with E-state index < -0.39 is 18.2 Å². The van der Waals surface area contributed by atoms with E-state index in [2.05, 4.69) is 6.58 Å². The van der Waals surface area contributed by atoms with Crippen LogP contribution in [0, 0.1) is 5.41 Å². The molecule has 0 aliphatic heterocycles. The molecule has 0 aromatic rings. The Kier molecular flexibility index (Phi) is 4.34. The summed E-state index contributed by atoms with van der Waals surface area (Å²) in [6.45, 7) is 9.57. The SMILES string of the molecule is C=CC(C)(C)CC(C)[SiH2]S(=O)(=O)O. The maximum atomic E-state index is 10.6. The van der Waals surface area contributed by atoms with Crippen molar-refractivity contribution in [3.8, 4) is 0 Å². The lowest BCUT2D eigenvalue weighted by Crippen LogP contribution is -2.18. The molecule has 0 aromatic heterocycles. The summed E-state index contributed by atoms with van der Waals surface area (Å²) in [4.78, 5) is 0. The lowest BCUT2D eigenvalue weighted by atomic mass is 9.88. The first-order chi connectivity index (χ1) is 5.66. The summed E-state index contributed by atoms with van der Waals surface area (Å²) in [5.41, 5.74) is 0.0416. The van der Waals surface area contributed by atoms with Crippen molar-refractivity contribution in [1.29, 1.82) is 0 Å². The maximum absolute atomic E-state index is 10.6. The van der Waals surface area contributed by atoms with Gasteiger partial charge in [-0.15, -0.1) is 6.58 Å².